The standard InChI is InChI=1S/C16H21ClN2O5S/c1-11(2)8-19(13-5-6-25(22,23)10-13)15(20)9-24-16(21)12-3-4-14(17)18-7-12/h3-4,7,11,13H,5-6,8-10H2,1-2H3. The summed E-state index contributed by atoms with van der Waals surface area (Å²) >= 11 is 5.66. The van der Waals surface area contributed by atoms with Crippen molar-refractivity contribution in [1.29, 1.82) is 0 Å². The summed E-state index contributed by atoms with van der Waals surface area (Å²) in [5.41, 5.74) is 0.191. The number of sulfone groups is 1. The van der Waals surface area contributed by atoms with Crippen LogP contribution in [0, 0.1) is 5.92 Å². The molecule has 2 heterocycles. The summed E-state index contributed by atoms with van der Waals surface area (Å²) in [6.07, 6.45) is 1.68. The first kappa shape index (κ1) is 19.7. The highest BCUT2D eigenvalue weighted by Crippen LogP contribution is 2.19. The van der Waals surface area contributed by atoms with Crippen LogP contribution in [0.5, 0.6) is 0 Å². The van der Waals surface area contributed by atoms with Gasteiger partial charge in [-0.25, -0.2) is 18.2 Å². The smallest absolute Gasteiger partial charge is 0.340 e. The second kappa shape index (κ2) is 8.14. The van der Waals surface area contributed by atoms with E-state index >= 15 is 0 Å². The maximum Gasteiger partial charge on any atom is 0.340 e. The SMILES string of the molecule is CC(C)CN(C(=O)COC(=O)c1ccc(Cl)nc1)C1CCS(=O)(=O)C1. The van der Waals surface area contributed by atoms with Crippen LogP contribution in [0.25, 0.3) is 0 Å². The second-order valence-electron chi connectivity index (χ2n) is 6.44. The number of rotatable bonds is 6. The van der Waals surface area contributed by atoms with Crippen molar-refractivity contribution in [2.45, 2.75) is 26.3 Å². The molecule has 2 rings (SSSR count). The molecule has 0 aromatic carbocycles. The van der Waals surface area contributed by atoms with Gasteiger partial charge in [0.05, 0.1) is 17.1 Å². The Morgan fingerprint density at radius 1 is 1.40 bits per heavy atom. The lowest BCUT2D eigenvalue weighted by Gasteiger charge is -2.29. The molecule has 0 radical (unpaired) electrons. The first-order valence-corrected chi connectivity index (χ1v) is 10.2. The largest absolute Gasteiger partial charge is 0.452 e. The maximum atomic E-state index is 12.5. The third kappa shape index (κ3) is 5.67. The summed E-state index contributed by atoms with van der Waals surface area (Å²) in [5.74, 6) is -0.869. The minimum atomic E-state index is -3.11. The molecule has 25 heavy (non-hydrogen) atoms. The zero-order valence-corrected chi connectivity index (χ0v) is 15.7. The number of carbonyl (C=O) groups excluding carboxylic acids is 2. The molecule has 1 aliphatic rings. The van der Waals surface area contributed by atoms with E-state index in [0.717, 1.165) is 0 Å². The van der Waals surface area contributed by atoms with Crippen LogP contribution in [0.2, 0.25) is 5.15 Å². The van der Waals surface area contributed by atoms with Crippen molar-refractivity contribution in [2.75, 3.05) is 24.7 Å². The lowest BCUT2D eigenvalue weighted by molar-refractivity contribution is -0.137. The molecule has 1 amide bonds. The Hall–Kier alpha value is -1.67. The third-order valence-corrected chi connectivity index (χ3v) is 5.80. The lowest BCUT2D eigenvalue weighted by atomic mass is 10.1. The maximum absolute atomic E-state index is 12.5. The van der Waals surface area contributed by atoms with Gasteiger partial charge in [-0.05, 0) is 24.5 Å². The van der Waals surface area contributed by atoms with Crippen molar-refractivity contribution in [3.05, 3.63) is 29.0 Å². The molecule has 1 saturated heterocycles. The van der Waals surface area contributed by atoms with E-state index < -0.39 is 28.3 Å². The molecule has 0 aliphatic carbocycles. The third-order valence-electron chi connectivity index (χ3n) is 3.82. The summed E-state index contributed by atoms with van der Waals surface area (Å²) < 4.78 is 28.4. The van der Waals surface area contributed by atoms with Gasteiger partial charge in [0.25, 0.3) is 5.91 Å². The fourth-order valence-electron chi connectivity index (χ4n) is 2.66. The van der Waals surface area contributed by atoms with E-state index in [-0.39, 0.29) is 34.2 Å². The Kier molecular flexibility index (Phi) is 6.40. The number of nitrogens with zero attached hydrogens (tertiary/aromatic N) is 2. The number of hydrogen-bond acceptors (Lipinski definition) is 6. The van der Waals surface area contributed by atoms with Crippen molar-refractivity contribution < 1.29 is 22.7 Å². The summed E-state index contributed by atoms with van der Waals surface area (Å²) in [6, 6.07) is 2.54. The Morgan fingerprint density at radius 3 is 2.64 bits per heavy atom. The molecule has 0 N–H and O–H groups in total. The van der Waals surface area contributed by atoms with Gasteiger partial charge in [0.2, 0.25) is 0 Å². The highest BCUT2D eigenvalue weighted by Gasteiger charge is 2.35. The molecular formula is C16H21ClN2O5S. The number of pyridine rings is 1. The molecule has 7 nitrogen and oxygen atoms in total. The van der Waals surface area contributed by atoms with E-state index in [1.807, 2.05) is 13.8 Å². The van der Waals surface area contributed by atoms with Crippen molar-refractivity contribution in [2.24, 2.45) is 5.92 Å². The van der Waals surface area contributed by atoms with Gasteiger partial charge in [-0.2, -0.15) is 0 Å². The Balaban J connectivity index is 1.99. The van der Waals surface area contributed by atoms with Gasteiger partial charge < -0.3 is 9.64 Å². The van der Waals surface area contributed by atoms with Crippen LogP contribution >= 0.6 is 11.6 Å². The quantitative estimate of drug-likeness (QED) is 0.542. The molecule has 1 aromatic rings. The van der Waals surface area contributed by atoms with Crippen molar-refractivity contribution in [3.8, 4) is 0 Å². The Labute approximate surface area is 152 Å². The van der Waals surface area contributed by atoms with Crippen LogP contribution in [-0.2, 0) is 19.4 Å². The van der Waals surface area contributed by atoms with Gasteiger partial charge in [0.15, 0.2) is 16.4 Å². The Morgan fingerprint density at radius 2 is 2.12 bits per heavy atom. The highest BCUT2D eigenvalue weighted by molar-refractivity contribution is 7.91. The summed E-state index contributed by atoms with van der Waals surface area (Å²) in [7, 11) is -3.11. The molecule has 1 aromatic heterocycles. The van der Waals surface area contributed by atoms with Crippen molar-refractivity contribution in [1.82, 2.24) is 9.88 Å². The van der Waals surface area contributed by atoms with Gasteiger partial charge in [-0.3, -0.25) is 4.79 Å². The van der Waals surface area contributed by atoms with E-state index in [2.05, 4.69) is 4.98 Å². The van der Waals surface area contributed by atoms with Crippen LogP contribution in [0.1, 0.15) is 30.6 Å². The Bertz CT molecular complexity index is 733. The van der Waals surface area contributed by atoms with E-state index in [1.54, 1.807) is 0 Å². The molecule has 1 fully saturated rings. The first-order valence-electron chi connectivity index (χ1n) is 7.96. The normalized spacial score (nSPS) is 19.0. The molecule has 1 aliphatic heterocycles. The number of esters is 1. The van der Waals surface area contributed by atoms with E-state index in [1.165, 1.54) is 23.2 Å². The van der Waals surface area contributed by atoms with Crippen LogP contribution in [0.15, 0.2) is 18.3 Å². The fraction of sp³-hybridized carbons (Fsp3) is 0.562. The molecule has 1 unspecified atom stereocenters. The number of hydrogen-bond donors (Lipinski definition) is 0. The number of amides is 1. The fourth-order valence-corrected chi connectivity index (χ4v) is 4.50. The second-order valence-corrected chi connectivity index (χ2v) is 9.06. The monoisotopic (exact) mass is 388 g/mol. The first-order chi connectivity index (χ1) is 11.7. The average molecular weight is 389 g/mol. The highest BCUT2D eigenvalue weighted by atomic mass is 35.5. The minimum absolute atomic E-state index is 0.0412. The van der Waals surface area contributed by atoms with E-state index in [4.69, 9.17) is 16.3 Å². The molecular weight excluding hydrogens is 368 g/mol. The van der Waals surface area contributed by atoms with E-state index in [0.29, 0.717) is 13.0 Å². The number of halogens is 1. The zero-order chi connectivity index (χ0) is 18.6. The minimum Gasteiger partial charge on any atom is -0.452 e. The van der Waals surface area contributed by atoms with Crippen molar-refractivity contribution >= 4 is 33.3 Å². The predicted octanol–water partition coefficient (Wildman–Crippen LogP) is 1.56. The summed E-state index contributed by atoms with van der Waals surface area (Å²) in [4.78, 5) is 29.7. The topological polar surface area (TPSA) is 93.6 Å². The zero-order valence-electron chi connectivity index (χ0n) is 14.1. The van der Waals surface area contributed by atoms with Gasteiger partial charge in [-0.1, -0.05) is 25.4 Å². The van der Waals surface area contributed by atoms with Gasteiger partial charge in [-0.15, -0.1) is 0 Å². The average Bonchev–Trinajstić information content (AvgIpc) is 2.90. The predicted molar refractivity (Wildman–Crippen MR) is 93.1 cm³/mol. The number of aromatic nitrogens is 1. The van der Waals surface area contributed by atoms with Crippen molar-refractivity contribution in [3.63, 3.8) is 0 Å². The molecule has 1 atom stereocenters. The lowest BCUT2D eigenvalue weighted by Crippen LogP contribution is -2.45. The van der Waals surface area contributed by atoms with Crippen LogP contribution in [0.3, 0.4) is 0 Å². The van der Waals surface area contributed by atoms with Crippen LogP contribution < -0.4 is 0 Å². The van der Waals surface area contributed by atoms with Crippen LogP contribution in [0.4, 0.5) is 0 Å². The van der Waals surface area contributed by atoms with Gasteiger partial charge >= 0.3 is 5.97 Å². The number of carbonyl (C=O) groups is 2. The molecule has 0 bridgehead atoms. The summed E-state index contributed by atoms with van der Waals surface area (Å²) in [5, 5.41) is 0.248. The molecule has 0 saturated carbocycles. The van der Waals surface area contributed by atoms with E-state index in [9.17, 15) is 18.0 Å². The van der Waals surface area contributed by atoms with Crippen LogP contribution in [-0.4, -0.2) is 60.9 Å². The molecule has 138 valence electrons. The van der Waals surface area contributed by atoms with Gasteiger partial charge in [0, 0.05) is 18.8 Å². The van der Waals surface area contributed by atoms with Gasteiger partial charge in [0.1, 0.15) is 5.15 Å². The number of ether oxygens (including phenoxy) is 1. The molecule has 9 heteroatoms. The molecule has 0 spiro atoms. The summed E-state index contributed by atoms with van der Waals surface area (Å²) in [6.45, 7) is 3.86.